The highest BCUT2D eigenvalue weighted by Gasteiger charge is 2.58. The summed E-state index contributed by atoms with van der Waals surface area (Å²) >= 11 is 0. The molecule has 3 aliphatic rings. The van der Waals surface area contributed by atoms with Crippen molar-refractivity contribution in [2.45, 2.75) is 36.1 Å². The highest BCUT2D eigenvalue weighted by atomic mass is 32.2. The van der Waals surface area contributed by atoms with E-state index in [1.165, 1.54) is 0 Å². The maximum atomic E-state index is 13.3. The predicted molar refractivity (Wildman–Crippen MR) is 106 cm³/mol. The second kappa shape index (κ2) is 6.42. The number of hydrogen-bond acceptors (Lipinski definition) is 3. The van der Waals surface area contributed by atoms with Crippen LogP contribution >= 0.6 is 0 Å². The molecule has 1 saturated heterocycles. The van der Waals surface area contributed by atoms with Gasteiger partial charge in [0.25, 0.3) is 0 Å². The molecule has 1 atom stereocenters. The fraction of sp³-hybridized carbons (Fsp3) is 0.409. The molecule has 1 aliphatic carbocycles. The molecule has 0 radical (unpaired) electrons. The molecule has 5 nitrogen and oxygen atoms in total. The van der Waals surface area contributed by atoms with Crippen molar-refractivity contribution in [3.05, 3.63) is 65.7 Å². The van der Waals surface area contributed by atoms with E-state index in [2.05, 4.69) is 0 Å². The van der Waals surface area contributed by atoms with Crippen molar-refractivity contribution in [2.75, 3.05) is 19.6 Å². The number of rotatable bonds is 4. The first kappa shape index (κ1) is 17.9. The zero-order chi connectivity index (χ0) is 19.4. The summed E-state index contributed by atoms with van der Waals surface area (Å²) < 4.78 is 28.3. The third-order valence-corrected chi connectivity index (χ3v) is 8.34. The monoisotopic (exact) mass is 396 g/mol. The first-order valence-corrected chi connectivity index (χ1v) is 11.4. The minimum absolute atomic E-state index is 0.0660. The molecule has 5 rings (SSSR count). The molecular formula is C22H24N2O3S. The lowest BCUT2D eigenvalue weighted by molar-refractivity contribution is -0.129. The molecule has 1 spiro atoms. The van der Waals surface area contributed by atoms with Crippen LogP contribution < -0.4 is 0 Å². The summed E-state index contributed by atoms with van der Waals surface area (Å²) in [5.41, 5.74) is 1.25. The molecule has 2 fully saturated rings. The lowest BCUT2D eigenvalue weighted by atomic mass is 9.88. The van der Waals surface area contributed by atoms with Gasteiger partial charge in [-0.25, -0.2) is 8.42 Å². The van der Waals surface area contributed by atoms with Gasteiger partial charge >= 0.3 is 0 Å². The Kier molecular flexibility index (Phi) is 4.10. The fourth-order valence-corrected chi connectivity index (χ4v) is 6.82. The third kappa shape index (κ3) is 2.78. The number of sulfonamides is 1. The molecule has 2 heterocycles. The van der Waals surface area contributed by atoms with E-state index < -0.39 is 15.6 Å². The highest BCUT2D eigenvalue weighted by molar-refractivity contribution is 7.89. The van der Waals surface area contributed by atoms with Crippen LogP contribution in [0.5, 0.6) is 0 Å². The van der Waals surface area contributed by atoms with Crippen molar-refractivity contribution in [3.8, 4) is 0 Å². The third-order valence-electron chi connectivity index (χ3n) is 6.35. The molecule has 0 unspecified atom stereocenters. The summed E-state index contributed by atoms with van der Waals surface area (Å²) in [6.45, 7) is 1.61. The molecule has 28 heavy (non-hydrogen) atoms. The lowest BCUT2D eigenvalue weighted by Crippen LogP contribution is -2.47. The minimum Gasteiger partial charge on any atom is -0.340 e. The Balaban J connectivity index is 1.47. The number of likely N-dealkylation sites (tertiary alicyclic amines) is 1. The standard InChI is InChI=1S/C22H24N2O3S/c25-21(14-17-6-2-1-3-7-17)23-13-12-22(16-23)19-8-4-5-9-20(19)28(26,27)24(22)15-18-10-11-18/h1-9,18H,10-16H2/t22-/m1/s1. The van der Waals surface area contributed by atoms with Gasteiger partial charge in [-0.05, 0) is 42.4 Å². The van der Waals surface area contributed by atoms with Crippen LogP contribution in [0.15, 0.2) is 59.5 Å². The molecule has 0 bridgehead atoms. The first-order valence-electron chi connectivity index (χ1n) is 9.95. The number of fused-ring (bicyclic) bond motifs is 2. The largest absolute Gasteiger partial charge is 0.340 e. The second-order valence-corrected chi connectivity index (χ2v) is 10.1. The molecule has 0 aromatic heterocycles. The maximum Gasteiger partial charge on any atom is 0.244 e. The quantitative estimate of drug-likeness (QED) is 0.799. The van der Waals surface area contributed by atoms with Crippen LogP contribution in [0.4, 0.5) is 0 Å². The second-order valence-electron chi connectivity index (χ2n) is 8.23. The average molecular weight is 397 g/mol. The Hall–Kier alpha value is -2.18. The van der Waals surface area contributed by atoms with Gasteiger partial charge in [0, 0.05) is 19.6 Å². The Morgan fingerprint density at radius 2 is 1.75 bits per heavy atom. The molecule has 146 valence electrons. The zero-order valence-electron chi connectivity index (χ0n) is 15.8. The van der Waals surface area contributed by atoms with E-state index >= 15 is 0 Å². The van der Waals surface area contributed by atoms with Crippen LogP contribution in [0.3, 0.4) is 0 Å². The van der Waals surface area contributed by atoms with E-state index in [4.69, 9.17) is 0 Å². The van der Waals surface area contributed by atoms with Gasteiger partial charge < -0.3 is 4.90 Å². The van der Waals surface area contributed by atoms with E-state index in [1.807, 2.05) is 47.4 Å². The number of carbonyl (C=O) groups excluding carboxylic acids is 1. The number of carbonyl (C=O) groups is 1. The van der Waals surface area contributed by atoms with E-state index in [1.54, 1.807) is 16.4 Å². The number of nitrogens with zero attached hydrogens (tertiary/aromatic N) is 2. The van der Waals surface area contributed by atoms with E-state index in [0.717, 1.165) is 24.0 Å². The molecule has 6 heteroatoms. The highest BCUT2D eigenvalue weighted by Crippen LogP contribution is 2.51. The molecular weight excluding hydrogens is 372 g/mol. The zero-order valence-corrected chi connectivity index (χ0v) is 16.6. The molecule has 2 aromatic rings. The van der Waals surface area contributed by atoms with Crippen molar-refractivity contribution in [1.29, 1.82) is 0 Å². The first-order chi connectivity index (χ1) is 13.5. The van der Waals surface area contributed by atoms with Crippen molar-refractivity contribution >= 4 is 15.9 Å². The van der Waals surface area contributed by atoms with E-state index in [9.17, 15) is 13.2 Å². The van der Waals surface area contributed by atoms with Crippen molar-refractivity contribution in [2.24, 2.45) is 5.92 Å². The molecule has 2 aromatic carbocycles. The van der Waals surface area contributed by atoms with Gasteiger partial charge in [0.15, 0.2) is 0 Å². The normalized spacial score (nSPS) is 25.9. The topological polar surface area (TPSA) is 57.7 Å². The fourth-order valence-electron chi connectivity index (χ4n) is 4.68. The molecule has 2 aliphatic heterocycles. The predicted octanol–water partition coefficient (Wildman–Crippen LogP) is 2.77. The molecule has 0 N–H and O–H groups in total. The Morgan fingerprint density at radius 3 is 2.50 bits per heavy atom. The van der Waals surface area contributed by atoms with Crippen LogP contribution in [-0.2, 0) is 26.8 Å². The van der Waals surface area contributed by atoms with Crippen molar-refractivity contribution in [1.82, 2.24) is 9.21 Å². The van der Waals surface area contributed by atoms with E-state index in [0.29, 0.717) is 43.3 Å². The van der Waals surface area contributed by atoms with Crippen LogP contribution in [0.2, 0.25) is 0 Å². The maximum absolute atomic E-state index is 13.3. The average Bonchev–Trinajstić information content (AvgIpc) is 3.39. The van der Waals surface area contributed by atoms with Crippen LogP contribution in [0.1, 0.15) is 30.4 Å². The summed E-state index contributed by atoms with van der Waals surface area (Å²) in [4.78, 5) is 15.2. The van der Waals surface area contributed by atoms with Gasteiger partial charge in [0.05, 0.1) is 16.9 Å². The van der Waals surface area contributed by atoms with Gasteiger partial charge in [-0.1, -0.05) is 48.5 Å². The molecule has 1 saturated carbocycles. The summed E-state index contributed by atoms with van der Waals surface area (Å²) in [6.07, 6.45) is 3.20. The SMILES string of the molecule is O=C(Cc1ccccc1)N1CC[C@@]2(C1)c1ccccc1S(=O)(=O)N2CC1CC1. The van der Waals surface area contributed by atoms with Crippen LogP contribution in [0.25, 0.3) is 0 Å². The summed E-state index contributed by atoms with van der Waals surface area (Å²) in [5, 5.41) is 0. The summed E-state index contributed by atoms with van der Waals surface area (Å²) in [7, 11) is -3.51. The van der Waals surface area contributed by atoms with E-state index in [-0.39, 0.29) is 5.91 Å². The minimum atomic E-state index is -3.51. The van der Waals surface area contributed by atoms with Gasteiger partial charge in [-0.2, -0.15) is 4.31 Å². The Labute approximate surface area is 166 Å². The van der Waals surface area contributed by atoms with Crippen molar-refractivity contribution < 1.29 is 13.2 Å². The number of benzene rings is 2. The summed E-state index contributed by atoms with van der Waals surface area (Å²) in [6, 6.07) is 17.1. The molecule has 1 amide bonds. The lowest BCUT2D eigenvalue weighted by Gasteiger charge is -2.34. The number of hydrogen-bond donors (Lipinski definition) is 0. The van der Waals surface area contributed by atoms with Crippen molar-refractivity contribution in [3.63, 3.8) is 0 Å². The van der Waals surface area contributed by atoms with Crippen LogP contribution in [0, 0.1) is 5.92 Å². The Bertz CT molecular complexity index is 1020. The smallest absolute Gasteiger partial charge is 0.244 e. The van der Waals surface area contributed by atoms with Gasteiger partial charge in [0.2, 0.25) is 15.9 Å². The number of amides is 1. The Morgan fingerprint density at radius 1 is 1.04 bits per heavy atom. The van der Waals surface area contributed by atoms with Crippen LogP contribution in [-0.4, -0.2) is 43.2 Å². The van der Waals surface area contributed by atoms with Gasteiger partial charge in [0.1, 0.15) is 0 Å². The summed E-state index contributed by atoms with van der Waals surface area (Å²) in [5.74, 6) is 0.520. The van der Waals surface area contributed by atoms with Gasteiger partial charge in [-0.15, -0.1) is 0 Å². The van der Waals surface area contributed by atoms with Gasteiger partial charge in [-0.3, -0.25) is 4.79 Å².